The normalized spacial score (nSPS) is 16.8. The van der Waals surface area contributed by atoms with Gasteiger partial charge in [0.15, 0.2) is 0 Å². The van der Waals surface area contributed by atoms with E-state index in [0.29, 0.717) is 13.1 Å². The largest absolute Gasteiger partial charge is 0.497 e. The van der Waals surface area contributed by atoms with E-state index in [4.69, 9.17) is 4.74 Å². The minimum absolute atomic E-state index is 0. The monoisotopic (exact) mass is 341 g/mol. The van der Waals surface area contributed by atoms with Crippen LogP contribution in [0.5, 0.6) is 5.75 Å². The van der Waals surface area contributed by atoms with E-state index in [2.05, 4.69) is 16.0 Å². The third kappa shape index (κ3) is 6.46. The van der Waals surface area contributed by atoms with Gasteiger partial charge >= 0.3 is 0 Å². The maximum absolute atomic E-state index is 11.9. The average Bonchev–Trinajstić information content (AvgIpc) is 2.59. The Morgan fingerprint density at radius 3 is 2.61 bits per heavy atom. The maximum Gasteiger partial charge on any atom is 0.239 e. The molecule has 0 aliphatic carbocycles. The smallest absolute Gasteiger partial charge is 0.239 e. The topological polar surface area (TPSA) is 79.5 Å². The van der Waals surface area contributed by atoms with Gasteiger partial charge in [-0.15, -0.1) is 12.4 Å². The number of piperidine rings is 1. The van der Waals surface area contributed by atoms with Crippen LogP contribution in [0.15, 0.2) is 24.3 Å². The molecular formula is C16H24ClN3O3. The van der Waals surface area contributed by atoms with Gasteiger partial charge in [-0.2, -0.15) is 0 Å². The van der Waals surface area contributed by atoms with Crippen molar-refractivity contribution in [3.8, 4) is 5.75 Å². The molecule has 1 atom stereocenters. The van der Waals surface area contributed by atoms with Crippen molar-refractivity contribution in [1.29, 1.82) is 0 Å². The molecule has 0 saturated carbocycles. The van der Waals surface area contributed by atoms with Crippen molar-refractivity contribution in [1.82, 2.24) is 16.0 Å². The minimum atomic E-state index is -0.187. The van der Waals surface area contributed by atoms with Crippen molar-refractivity contribution in [2.75, 3.05) is 26.7 Å². The van der Waals surface area contributed by atoms with Gasteiger partial charge in [0.25, 0.3) is 0 Å². The molecule has 1 heterocycles. The van der Waals surface area contributed by atoms with Crippen LogP contribution in [0.2, 0.25) is 0 Å². The van der Waals surface area contributed by atoms with E-state index < -0.39 is 0 Å². The van der Waals surface area contributed by atoms with Crippen LogP contribution in [0.3, 0.4) is 0 Å². The number of nitrogens with one attached hydrogen (secondary N) is 3. The highest BCUT2D eigenvalue weighted by molar-refractivity contribution is 5.86. The maximum atomic E-state index is 11.9. The van der Waals surface area contributed by atoms with Gasteiger partial charge in [0.2, 0.25) is 11.8 Å². The van der Waals surface area contributed by atoms with Crippen LogP contribution in [-0.2, 0) is 16.1 Å². The number of benzene rings is 1. The number of ether oxygens (including phenoxy) is 1. The molecule has 1 aromatic rings. The Labute approximate surface area is 142 Å². The molecule has 128 valence electrons. The predicted octanol–water partition coefficient (Wildman–Crippen LogP) is 0.849. The summed E-state index contributed by atoms with van der Waals surface area (Å²) >= 11 is 0. The van der Waals surface area contributed by atoms with Gasteiger partial charge < -0.3 is 20.7 Å². The molecule has 6 nitrogen and oxygen atoms in total. The Morgan fingerprint density at radius 2 is 2.00 bits per heavy atom. The van der Waals surface area contributed by atoms with Gasteiger partial charge in [0.05, 0.1) is 19.6 Å². The SMILES string of the molecule is COc1ccc(CNC(=O)CNC(=O)C2CCCNC2)cc1.Cl. The van der Waals surface area contributed by atoms with Gasteiger partial charge in [-0.1, -0.05) is 12.1 Å². The Morgan fingerprint density at radius 1 is 1.26 bits per heavy atom. The molecule has 1 aromatic carbocycles. The van der Waals surface area contributed by atoms with Crippen LogP contribution >= 0.6 is 12.4 Å². The highest BCUT2D eigenvalue weighted by atomic mass is 35.5. The van der Waals surface area contributed by atoms with Crippen molar-refractivity contribution in [3.05, 3.63) is 29.8 Å². The molecule has 3 N–H and O–H groups in total. The van der Waals surface area contributed by atoms with Crippen molar-refractivity contribution in [2.24, 2.45) is 5.92 Å². The van der Waals surface area contributed by atoms with Crippen LogP contribution in [0.1, 0.15) is 18.4 Å². The van der Waals surface area contributed by atoms with Crippen LogP contribution < -0.4 is 20.7 Å². The lowest BCUT2D eigenvalue weighted by atomic mass is 9.99. The van der Waals surface area contributed by atoms with Gasteiger partial charge in [-0.05, 0) is 37.1 Å². The molecule has 1 aliphatic rings. The van der Waals surface area contributed by atoms with Crippen molar-refractivity contribution in [3.63, 3.8) is 0 Å². The third-order valence-electron chi connectivity index (χ3n) is 3.74. The molecule has 1 saturated heterocycles. The molecule has 0 spiro atoms. The van der Waals surface area contributed by atoms with Gasteiger partial charge in [0, 0.05) is 13.1 Å². The lowest BCUT2D eigenvalue weighted by molar-refractivity contribution is -0.129. The minimum Gasteiger partial charge on any atom is -0.497 e. The zero-order valence-electron chi connectivity index (χ0n) is 13.3. The number of halogens is 1. The fraction of sp³-hybridized carbons (Fsp3) is 0.500. The first-order valence-electron chi connectivity index (χ1n) is 7.57. The number of carbonyl (C=O) groups excluding carboxylic acids is 2. The Kier molecular flexibility index (Phi) is 8.43. The Balaban J connectivity index is 0.00000264. The van der Waals surface area contributed by atoms with E-state index in [1.54, 1.807) is 7.11 Å². The summed E-state index contributed by atoms with van der Waals surface area (Å²) < 4.78 is 5.08. The number of carbonyl (C=O) groups is 2. The summed E-state index contributed by atoms with van der Waals surface area (Å²) in [5, 5.41) is 8.67. The third-order valence-corrected chi connectivity index (χ3v) is 3.74. The van der Waals surface area contributed by atoms with Crippen LogP contribution in [0.4, 0.5) is 0 Å². The molecule has 0 radical (unpaired) electrons. The molecule has 23 heavy (non-hydrogen) atoms. The predicted molar refractivity (Wildman–Crippen MR) is 90.7 cm³/mol. The molecule has 0 bridgehead atoms. The number of hydrogen-bond donors (Lipinski definition) is 3. The highest BCUT2D eigenvalue weighted by Gasteiger charge is 2.20. The lowest BCUT2D eigenvalue weighted by Gasteiger charge is -2.21. The summed E-state index contributed by atoms with van der Waals surface area (Å²) in [4.78, 5) is 23.7. The second-order valence-electron chi connectivity index (χ2n) is 5.39. The van der Waals surface area contributed by atoms with Crippen molar-refractivity contribution in [2.45, 2.75) is 19.4 Å². The van der Waals surface area contributed by atoms with E-state index in [1.165, 1.54) is 0 Å². The fourth-order valence-corrected chi connectivity index (χ4v) is 2.39. The number of methoxy groups -OCH3 is 1. The first-order chi connectivity index (χ1) is 10.7. The summed E-state index contributed by atoms with van der Waals surface area (Å²) in [6.45, 7) is 2.11. The summed E-state index contributed by atoms with van der Waals surface area (Å²) in [7, 11) is 1.61. The van der Waals surface area contributed by atoms with Crippen molar-refractivity contribution < 1.29 is 14.3 Å². The molecule has 7 heteroatoms. The van der Waals surface area contributed by atoms with E-state index in [-0.39, 0.29) is 36.7 Å². The zero-order chi connectivity index (χ0) is 15.8. The fourth-order valence-electron chi connectivity index (χ4n) is 2.39. The van der Waals surface area contributed by atoms with Gasteiger partial charge in [0.1, 0.15) is 5.75 Å². The number of hydrogen-bond acceptors (Lipinski definition) is 4. The van der Waals surface area contributed by atoms with E-state index >= 15 is 0 Å². The molecule has 2 amide bonds. The van der Waals surface area contributed by atoms with Crippen molar-refractivity contribution >= 4 is 24.2 Å². The summed E-state index contributed by atoms with van der Waals surface area (Å²) in [6.07, 6.45) is 1.88. The summed E-state index contributed by atoms with van der Waals surface area (Å²) in [5.74, 6) is 0.520. The zero-order valence-corrected chi connectivity index (χ0v) is 14.1. The van der Waals surface area contributed by atoms with E-state index in [1.807, 2.05) is 24.3 Å². The molecule has 1 aliphatic heterocycles. The van der Waals surface area contributed by atoms with Crippen LogP contribution in [-0.4, -0.2) is 38.6 Å². The molecule has 1 fully saturated rings. The first kappa shape index (κ1) is 19.3. The van der Waals surface area contributed by atoms with E-state index in [9.17, 15) is 9.59 Å². The highest BCUT2D eigenvalue weighted by Crippen LogP contribution is 2.11. The van der Waals surface area contributed by atoms with E-state index in [0.717, 1.165) is 30.7 Å². The standard InChI is InChI=1S/C16H23N3O3.ClH/c1-22-14-6-4-12(5-7-14)9-18-15(20)11-19-16(21)13-3-2-8-17-10-13;/h4-7,13,17H,2-3,8-11H2,1H3,(H,18,20)(H,19,21);1H. The molecule has 0 aromatic heterocycles. The molecule has 1 unspecified atom stereocenters. The molecule has 2 rings (SSSR count). The van der Waals surface area contributed by atoms with Crippen LogP contribution in [0.25, 0.3) is 0 Å². The van der Waals surface area contributed by atoms with Crippen LogP contribution in [0, 0.1) is 5.92 Å². The average molecular weight is 342 g/mol. The number of rotatable bonds is 6. The summed E-state index contributed by atoms with van der Waals surface area (Å²) in [6, 6.07) is 7.48. The molecular weight excluding hydrogens is 318 g/mol. The van der Waals surface area contributed by atoms with Gasteiger partial charge in [-0.3, -0.25) is 9.59 Å². The quantitative estimate of drug-likeness (QED) is 0.716. The second kappa shape index (κ2) is 10.1. The first-order valence-corrected chi connectivity index (χ1v) is 7.57. The lowest BCUT2D eigenvalue weighted by Crippen LogP contribution is -2.44. The number of amides is 2. The second-order valence-corrected chi connectivity index (χ2v) is 5.39. The Bertz CT molecular complexity index is 502. The Hall–Kier alpha value is -1.79. The summed E-state index contributed by atoms with van der Waals surface area (Å²) in [5.41, 5.74) is 0.983. The van der Waals surface area contributed by atoms with Gasteiger partial charge in [-0.25, -0.2) is 0 Å².